The van der Waals surface area contributed by atoms with Crippen LogP contribution in [0.15, 0.2) is 73.2 Å². The van der Waals surface area contributed by atoms with Crippen molar-refractivity contribution in [2.24, 2.45) is 10.2 Å². The number of nitrogens with one attached hydrogen (secondary N) is 2. The Morgan fingerprint density at radius 2 is 1.75 bits per heavy atom. The van der Waals surface area contributed by atoms with Gasteiger partial charge in [-0.2, -0.15) is 18.6 Å². The van der Waals surface area contributed by atoms with Crippen molar-refractivity contribution in [3.05, 3.63) is 96.4 Å². The molecule has 17 heteroatoms. The highest BCUT2D eigenvalue weighted by Crippen LogP contribution is 2.29. The number of rotatable bonds is 13. The van der Waals surface area contributed by atoms with Crippen molar-refractivity contribution < 1.29 is 41.7 Å². The summed E-state index contributed by atoms with van der Waals surface area (Å²) in [6.07, 6.45) is 0.565. The topological polar surface area (TPSA) is 223 Å². The van der Waals surface area contributed by atoms with Crippen LogP contribution in [-0.2, 0) is 30.4 Å². The van der Waals surface area contributed by atoms with E-state index in [0.29, 0.717) is 34.5 Å². The lowest BCUT2D eigenvalue weighted by molar-refractivity contribution is -0.432. The van der Waals surface area contributed by atoms with Crippen LogP contribution in [0.5, 0.6) is 0 Å². The first-order valence-electron chi connectivity index (χ1n) is 11.2. The van der Waals surface area contributed by atoms with E-state index in [-0.39, 0.29) is 35.3 Å². The SMILES string of the molecule is Cc1ccc(NN=c2ccc(=O)c(=NNc3ccc(CCCOS(=O)(=O)O)cc3SOOO)c2=O)c(C(=O)O)c1. The smallest absolute Gasteiger partial charge is 0.397 e. The Morgan fingerprint density at radius 3 is 2.45 bits per heavy atom. The summed E-state index contributed by atoms with van der Waals surface area (Å²) in [4.78, 5) is 37.1. The maximum Gasteiger partial charge on any atom is 0.397 e. The molecule has 0 aliphatic heterocycles. The quantitative estimate of drug-likeness (QED) is 0.0619. The van der Waals surface area contributed by atoms with Crippen LogP contribution in [0, 0.1) is 6.92 Å². The number of hydrogen-bond donors (Lipinski definition) is 5. The Bertz CT molecular complexity index is 1720. The Balaban J connectivity index is 1.88. The minimum absolute atomic E-state index is 0.0586. The van der Waals surface area contributed by atoms with Crippen LogP contribution in [0.2, 0.25) is 0 Å². The first kappa shape index (κ1) is 30.6. The molecule has 0 aliphatic carbocycles. The zero-order valence-electron chi connectivity index (χ0n) is 20.6. The van der Waals surface area contributed by atoms with E-state index in [1.807, 2.05) is 0 Å². The van der Waals surface area contributed by atoms with Gasteiger partial charge in [0, 0.05) is 0 Å². The average molecular weight is 595 g/mol. The highest BCUT2D eigenvalue weighted by Gasteiger charge is 2.11. The van der Waals surface area contributed by atoms with Gasteiger partial charge in [-0.25, -0.2) is 14.2 Å². The largest absolute Gasteiger partial charge is 0.478 e. The summed E-state index contributed by atoms with van der Waals surface area (Å²) in [6, 6.07) is 11.5. The molecule has 3 aromatic carbocycles. The third-order valence-corrected chi connectivity index (χ3v) is 6.22. The summed E-state index contributed by atoms with van der Waals surface area (Å²) >= 11 is 0.567. The molecular formula is C23H22N4O11S2. The van der Waals surface area contributed by atoms with Gasteiger partial charge in [-0.15, -0.1) is 4.33 Å². The van der Waals surface area contributed by atoms with Crippen molar-refractivity contribution in [3.63, 3.8) is 0 Å². The molecule has 40 heavy (non-hydrogen) atoms. The lowest BCUT2D eigenvalue weighted by Crippen LogP contribution is -2.48. The minimum Gasteiger partial charge on any atom is -0.478 e. The van der Waals surface area contributed by atoms with Crippen LogP contribution in [0.1, 0.15) is 27.9 Å². The van der Waals surface area contributed by atoms with Gasteiger partial charge in [0.25, 0.3) is 0 Å². The van der Waals surface area contributed by atoms with Crippen LogP contribution in [0.25, 0.3) is 0 Å². The van der Waals surface area contributed by atoms with Crippen molar-refractivity contribution >= 4 is 39.8 Å². The molecule has 3 rings (SSSR count). The second kappa shape index (κ2) is 13.9. The third kappa shape index (κ3) is 8.78. The number of carboxylic acid groups (broad SMARTS) is 1. The summed E-state index contributed by atoms with van der Waals surface area (Å²) in [5, 5.41) is 28.7. The molecule has 0 atom stereocenters. The molecule has 0 radical (unpaired) electrons. The van der Waals surface area contributed by atoms with E-state index in [1.54, 1.807) is 25.1 Å². The number of hydrogen-bond acceptors (Lipinski definition) is 14. The summed E-state index contributed by atoms with van der Waals surface area (Å²) in [5.41, 5.74) is 5.26. The number of aromatic carboxylic acids is 1. The molecule has 3 aromatic rings. The summed E-state index contributed by atoms with van der Waals surface area (Å²) in [6.45, 7) is 1.46. The zero-order valence-corrected chi connectivity index (χ0v) is 22.2. The van der Waals surface area contributed by atoms with Crippen LogP contribution in [-0.4, -0.2) is 35.9 Å². The molecule has 0 saturated carbocycles. The van der Waals surface area contributed by atoms with Crippen molar-refractivity contribution in [3.8, 4) is 0 Å². The van der Waals surface area contributed by atoms with Gasteiger partial charge in [0.05, 0.1) is 40.5 Å². The molecule has 0 heterocycles. The van der Waals surface area contributed by atoms with Gasteiger partial charge in [-0.1, -0.05) is 22.7 Å². The van der Waals surface area contributed by atoms with E-state index in [9.17, 15) is 27.9 Å². The molecule has 5 N–H and O–H groups in total. The molecule has 15 nitrogen and oxygen atoms in total. The van der Waals surface area contributed by atoms with E-state index in [0.717, 1.165) is 6.07 Å². The Kier molecular flexibility index (Phi) is 10.6. The van der Waals surface area contributed by atoms with E-state index in [2.05, 4.69) is 34.6 Å². The van der Waals surface area contributed by atoms with Crippen molar-refractivity contribution in [1.29, 1.82) is 0 Å². The lowest BCUT2D eigenvalue weighted by Gasteiger charge is -2.09. The fourth-order valence-corrected chi connectivity index (χ4v) is 4.12. The number of carbonyl (C=O) groups is 1. The van der Waals surface area contributed by atoms with Gasteiger partial charge < -0.3 is 5.11 Å². The Labute approximate surface area is 230 Å². The van der Waals surface area contributed by atoms with E-state index < -0.39 is 32.6 Å². The monoisotopic (exact) mass is 594 g/mol. The molecule has 0 fully saturated rings. The van der Waals surface area contributed by atoms with Crippen LogP contribution >= 0.6 is 12.0 Å². The van der Waals surface area contributed by atoms with Gasteiger partial charge in [-0.3, -0.25) is 25.0 Å². The molecule has 212 valence electrons. The van der Waals surface area contributed by atoms with Crippen molar-refractivity contribution in [2.75, 3.05) is 17.5 Å². The molecule has 0 bridgehead atoms. The summed E-state index contributed by atoms with van der Waals surface area (Å²) in [5.74, 6) is -1.19. The maximum absolute atomic E-state index is 12.9. The molecule has 0 aliphatic rings. The minimum atomic E-state index is -4.55. The number of anilines is 2. The second-order valence-electron chi connectivity index (χ2n) is 7.97. The normalized spacial score (nSPS) is 12.5. The fraction of sp³-hybridized carbons (Fsp3) is 0.174. The Morgan fingerprint density at radius 1 is 1.02 bits per heavy atom. The first-order chi connectivity index (χ1) is 19.0. The molecular weight excluding hydrogens is 572 g/mol. The van der Waals surface area contributed by atoms with E-state index in [1.165, 1.54) is 24.3 Å². The van der Waals surface area contributed by atoms with Gasteiger partial charge in [0.1, 0.15) is 5.36 Å². The molecule has 0 amide bonds. The standard InChI is InChI=1S/C23H22N4O11S2/c1-13-4-6-16(15(11-13)23(30)31)24-26-18-8-9-19(28)21(22(18)29)27-25-17-7-5-14(12-20(17)39-38-37-32)3-2-10-36-40(33,34)35/h4-9,11-12,24-25,32H,2-3,10H2,1H3,(H,30,31)(H,33,34,35). The maximum atomic E-state index is 12.9. The zero-order chi connectivity index (χ0) is 29.3. The third-order valence-electron chi connectivity index (χ3n) is 5.11. The molecule has 0 saturated heterocycles. The highest BCUT2D eigenvalue weighted by molar-refractivity contribution is 7.94. The van der Waals surface area contributed by atoms with Gasteiger partial charge in [0.15, 0.2) is 5.36 Å². The van der Waals surface area contributed by atoms with Crippen molar-refractivity contribution in [2.45, 2.75) is 24.7 Å². The predicted molar refractivity (Wildman–Crippen MR) is 141 cm³/mol. The van der Waals surface area contributed by atoms with Crippen molar-refractivity contribution in [1.82, 2.24) is 0 Å². The number of carboxylic acids is 1. The number of nitrogens with zero attached hydrogens (tertiary/aromatic N) is 2. The van der Waals surface area contributed by atoms with Gasteiger partial charge in [-0.05, 0) is 61.7 Å². The van der Waals surface area contributed by atoms with Crippen LogP contribution in [0.4, 0.5) is 11.4 Å². The van der Waals surface area contributed by atoms with Crippen LogP contribution in [0.3, 0.4) is 0 Å². The highest BCUT2D eigenvalue weighted by atomic mass is 32.3. The molecule has 0 spiro atoms. The van der Waals surface area contributed by atoms with E-state index >= 15 is 0 Å². The summed E-state index contributed by atoms with van der Waals surface area (Å²) in [7, 11) is -4.55. The van der Waals surface area contributed by atoms with Crippen LogP contribution < -0.4 is 32.4 Å². The fourth-order valence-electron chi connectivity index (χ4n) is 3.28. The summed E-state index contributed by atoms with van der Waals surface area (Å²) < 4.78 is 38.7. The van der Waals surface area contributed by atoms with Gasteiger partial charge >= 0.3 is 16.4 Å². The number of aryl methyl sites for hydroxylation is 2. The first-order valence-corrected chi connectivity index (χ1v) is 13.3. The van der Waals surface area contributed by atoms with Gasteiger partial charge in [0.2, 0.25) is 10.9 Å². The molecule has 0 aromatic heterocycles. The molecule has 0 unspecified atom stereocenters. The average Bonchev–Trinajstić information content (AvgIpc) is 2.90. The van der Waals surface area contributed by atoms with E-state index in [4.69, 9.17) is 9.81 Å². The Hall–Kier alpha value is -3.97. The number of benzene rings is 3. The second-order valence-corrected chi connectivity index (χ2v) is 9.81. The predicted octanol–water partition coefficient (Wildman–Crippen LogP) is 1.33. The lowest BCUT2D eigenvalue weighted by atomic mass is 10.1.